The number of alkyl halides is 3. The van der Waals surface area contributed by atoms with Crippen LogP contribution in [0.1, 0.15) is 24.0 Å². The van der Waals surface area contributed by atoms with Gasteiger partial charge in [0.15, 0.2) is 0 Å². The number of nitrogens with one attached hydrogen (secondary N) is 1. The zero-order valence-electron chi connectivity index (χ0n) is 16.7. The molecule has 0 aromatic heterocycles. The molecule has 0 radical (unpaired) electrons. The lowest BCUT2D eigenvalue weighted by Crippen LogP contribution is -2.43. The highest BCUT2D eigenvalue weighted by Crippen LogP contribution is 2.35. The van der Waals surface area contributed by atoms with E-state index in [1.54, 1.807) is 19.1 Å². The van der Waals surface area contributed by atoms with E-state index in [1.807, 2.05) is 0 Å². The number of benzene rings is 2. The molecule has 0 bridgehead atoms. The molecular weight excluding hydrogens is 457 g/mol. The van der Waals surface area contributed by atoms with Crippen molar-refractivity contribution in [1.29, 1.82) is 0 Å². The van der Waals surface area contributed by atoms with Gasteiger partial charge >= 0.3 is 6.18 Å². The van der Waals surface area contributed by atoms with Gasteiger partial charge in [-0.2, -0.15) is 17.5 Å². The molecule has 11 heteroatoms. The van der Waals surface area contributed by atoms with E-state index < -0.39 is 33.7 Å². The fraction of sp³-hybridized carbons (Fsp3) is 0.350. The van der Waals surface area contributed by atoms with Gasteiger partial charge in [0, 0.05) is 12.6 Å². The smallest absolute Gasteiger partial charge is 0.416 e. The van der Waals surface area contributed by atoms with Crippen molar-refractivity contribution in [2.75, 3.05) is 19.0 Å². The van der Waals surface area contributed by atoms with E-state index >= 15 is 0 Å². The van der Waals surface area contributed by atoms with Crippen molar-refractivity contribution < 1.29 is 31.1 Å². The molecule has 0 spiro atoms. The third kappa shape index (κ3) is 4.81. The monoisotopic (exact) mass is 476 g/mol. The molecule has 0 saturated carbocycles. The van der Waals surface area contributed by atoms with Crippen molar-refractivity contribution in [2.24, 2.45) is 0 Å². The minimum Gasteiger partial charge on any atom is -0.497 e. The molecule has 0 aliphatic carbocycles. The Kier molecular flexibility index (Phi) is 6.54. The SMILES string of the molecule is COc1ccc(C)c(S(=O)(=O)N2CCCC2C(=O)Nc2cc(C(F)(F)F)ccc2Cl)c1. The van der Waals surface area contributed by atoms with Crippen LogP contribution in [0.5, 0.6) is 5.75 Å². The molecule has 168 valence electrons. The number of sulfonamides is 1. The molecule has 2 aromatic rings. The third-order valence-corrected chi connectivity index (χ3v) is 7.42. The summed E-state index contributed by atoms with van der Waals surface area (Å²) in [4.78, 5) is 12.8. The Morgan fingerprint density at radius 2 is 1.94 bits per heavy atom. The van der Waals surface area contributed by atoms with E-state index in [1.165, 1.54) is 13.2 Å². The quantitative estimate of drug-likeness (QED) is 0.691. The highest BCUT2D eigenvalue weighted by Gasteiger charge is 2.40. The standard InChI is InChI=1S/C20H20ClF3N2O4S/c1-12-5-7-14(30-2)11-18(12)31(28,29)26-9-3-4-17(26)19(27)25-16-10-13(20(22,23)24)6-8-15(16)21/h5-8,10-11,17H,3-4,9H2,1-2H3,(H,25,27). The van der Waals surface area contributed by atoms with Gasteiger partial charge in [-0.25, -0.2) is 8.42 Å². The lowest BCUT2D eigenvalue weighted by atomic mass is 10.1. The van der Waals surface area contributed by atoms with Gasteiger partial charge in [-0.05, 0) is 49.6 Å². The molecular formula is C20H20ClF3N2O4S. The summed E-state index contributed by atoms with van der Waals surface area (Å²) >= 11 is 5.95. The lowest BCUT2D eigenvalue weighted by molar-refractivity contribution is -0.137. The van der Waals surface area contributed by atoms with E-state index in [4.69, 9.17) is 16.3 Å². The number of carbonyl (C=O) groups is 1. The van der Waals surface area contributed by atoms with E-state index in [0.717, 1.165) is 22.5 Å². The second-order valence-corrected chi connectivity index (χ2v) is 9.35. The first-order valence-electron chi connectivity index (χ1n) is 9.29. The largest absolute Gasteiger partial charge is 0.497 e. The summed E-state index contributed by atoms with van der Waals surface area (Å²) in [6, 6.07) is 6.07. The molecule has 1 unspecified atom stereocenters. The second-order valence-electron chi connectivity index (χ2n) is 7.09. The number of anilines is 1. The predicted molar refractivity (Wildman–Crippen MR) is 110 cm³/mol. The molecule has 2 aromatic carbocycles. The van der Waals surface area contributed by atoms with Gasteiger partial charge in [0.25, 0.3) is 0 Å². The van der Waals surface area contributed by atoms with Crippen molar-refractivity contribution in [3.05, 3.63) is 52.5 Å². The Morgan fingerprint density at radius 3 is 2.58 bits per heavy atom. The van der Waals surface area contributed by atoms with Gasteiger partial charge in [-0.15, -0.1) is 0 Å². The molecule has 1 N–H and O–H groups in total. The summed E-state index contributed by atoms with van der Waals surface area (Å²) in [7, 11) is -2.64. The second kappa shape index (κ2) is 8.68. The van der Waals surface area contributed by atoms with Crippen LogP contribution in [0.2, 0.25) is 5.02 Å². The Bertz CT molecular complexity index is 1110. The van der Waals surface area contributed by atoms with Crippen molar-refractivity contribution in [1.82, 2.24) is 4.31 Å². The molecule has 6 nitrogen and oxygen atoms in total. The number of hydrogen-bond donors (Lipinski definition) is 1. The van der Waals surface area contributed by atoms with Crippen LogP contribution >= 0.6 is 11.6 Å². The van der Waals surface area contributed by atoms with Gasteiger partial charge < -0.3 is 10.1 Å². The zero-order valence-corrected chi connectivity index (χ0v) is 18.2. The molecule has 1 aliphatic rings. The van der Waals surface area contributed by atoms with Gasteiger partial charge in [0.05, 0.1) is 28.3 Å². The highest BCUT2D eigenvalue weighted by molar-refractivity contribution is 7.89. The maximum absolute atomic E-state index is 13.3. The Balaban J connectivity index is 1.89. The van der Waals surface area contributed by atoms with Crippen molar-refractivity contribution >= 4 is 33.2 Å². The van der Waals surface area contributed by atoms with E-state index in [9.17, 15) is 26.4 Å². The average Bonchev–Trinajstić information content (AvgIpc) is 3.20. The number of halogens is 4. The van der Waals surface area contributed by atoms with Crippen LogP contribution in [0.15, 0.2) is 41.3 Å². The lowest BCUT2D eigenvalue weighted by Gasteiger charge is -2.24. The molecule has 1 heterocycles. The highest BCUT2D eigenvalue weighted by atomic mass is 35.5. The normalized spacial score (nSPS) is 17.5. The summed E-state index contributed by atoms with van der Waals surface area (Å²) in [6.45, 7) is 1.73. The summed E-state index contributed by atoms with van der Waals surface area (Å²) < 4.78 is 71.7. The molecule has 1 fully saturated rings. The number of aryl methyl sites for hydroxylation is 1. The molecule has 1 amide bonds. The number of hydrogen-bond acceptors (Lipinski definition) is 4. The minimum atomic E-state index is -4.61. The third-order valence-electron chi connectivity index (χ3n) is 5.04. The number of carbonyl (C=O) groups excluding carboxylic acids is 1. The van der Waals surface area contributed by atoms with E-state index in [0.29, 0.717) is 17.7 Å². The zero-order chi connectivity index (χ0) is 23.0. The Morgan fingerprint density at radius 1 is 1.23 bits per heavy atom. The molecule has 1 atom stereocenters. The minimum absolute atomic E-state index is 0.00338. The summed E-state index contributed by atoms with van der Waals surface area (Å²) in [5.41, 5.74) is -0.730. The van der Waals surface area contributed by atoms with Crippen LogP contribution in [0.4, 0.5) is 18.9 Å². The Hall–Kier alpha value is -2.30. The van der Waals surface area contributed by atoms with Crippen LogP contribution in [0.3, 0.4) is 0 Å². The fourth-order valence-electron chi connectivity index (χ4n) is 3.41. The number of methoxy groups -OCH3 is 1. The summed E-state index contributed by atoms with van der Waals surface area (Å²) in [6.07, 6.45) is -3.96. The van der Waals surface area contributed by atoms with Gasteiger partial charge in [-0.1, -0.05) is 17.7 Å². The fourth-order valence-corrected chi connectivity index (χ4v) is 5.48. The number of amides is 1. The van der Waals surface area contributed by atoms with Crippen LogP contribution in [-0.4, -0.2) is 38.3 Å². The predicted octanol–water partition coefficient (Wildman–Crippen LogP) is 4.47. The molecule has 3 rings (SSSR count). The first-order chi connectivity index (χ1) is 14.4. The van der Waals surface area contributed by atoms with Gasteiger partial charge in [0.1, 0.15) is 11.8 Å². The van der Waals surface area contributed by atoms with Crippen molar-refractivity contribution in [3.8, 4) is 5.75 Å². The van der Waals surface area contributed by atoms with Crippen LogP contribution in [0, 0.1) is 6.92 Å². The first kappa shape index (κ1) is 23.4. The van der Waals surface area contributed by atoms with Gasteiger partial charge in [0.2, 0.25) is 15.9 Å². The van der Waals surface area contributed by atoms with E-state index in [-0.39, 0.29) is 28.6 Å². The van der Waals surface area contributed by atoms with Crippen LogP contribution < -0.4 is 10.1 Å². The number of nitrogens with zero attached hydrogens (tertiary/aromatic N) is 1. The molecule has 1 saturated heterocycles. The van der Waals surface area contributed by atoms with E-state index in [2.05, 4.69) is 5.32 Å². The number of rotatable bonds is 5. The average molecular weight is 477 g/mol. The molecule has 1 aliphatic heterocycles. The maximum atomic E-state index is 13.3. The maximum Gasteiger partial charge on any atom is 0.416 e. The summed E-state index contributed by atoms with van der Waals surface area (Å²) in [5, 5.41) is 2.27. The van der Waals surface area contributed by atoms with Crippen LogP contribution in [0.25, 0.3) is 0 Å². The topological polar surface area (TPSA) is 75.7 Å². The number of ether oxygens (including phenoxy) is 1. The summed E-state index contributed by atoms with van der Waals surface area (Å²) in [5.74, 6) is -0.400. The molecule has 31 heavy (non-hydrogen) atoms. The van der Waals surface area contributed by atoms with Crippen LogP contribution in [-0.2, 0) is 21.0 Å². The first-order valence-corrected chi connectivity index (χ1v) is 11.1. The van der Waals surface area contributed by atoms with Crippen molar-refractivity contribution in [3.63, 3.8) is 0 Å². The Labute approximate surface area is 183 Å². The van der Waals surface area contributed by atoms with Gasteiger partial charge in [-0.3, -0.25) is 4.79 Å². The van der Waals surface area contributed by atoms with Crippen molar-refractivity contribution in [2.45, 2.75) is 36.9 Å².